The van der Waals surface area contributed by atoms with Crippen LogP contribution in [0.15, 0.2) is 12.1 Å². The number of hydrogen-bond donors (Lipinski definition) is 2. The van der Waals surface area contributed by atoms with Gasteiger partial charge in [0.05, 0.1) is 6.61 Å². The van der Waals surface area contributed by atoms with Crippen molar-refractivity contribution < 1.29 is 19.7 Å². The van der Waals surface area contributed by atoms with Gasteiger partial charge in [-0.1, -0.05) is 6.07 Å². The van der Waals surface area contributed by atoms with Crippen molar-refractivity contribution in [3.63, 3.8) is 0 Å². The molecule has 0 fully saturated rings. The fourth-order valence-corrected chi connectivity index (χ4v) is 1.65. The maximum atomic E-state index is 11.3. The van der Waals surface area contributed by atoms with Crippen LogP contribution < -0.4 is 0 Å². The molecule has 0 spiro atoms. The Morgan fingerprint density at radius 1 is 1.44 bits per heavy atom. The predicted octanol–water partition coefficient (Wildman–Crippen LogP) is 1.61. The molecule has 0 saturated carbocycles. The van der Waals surface area contributed by atoms with E-state index >= 15 is 0 Å². The highest BCUT2D eigenvalue weighted by atomic mass is 16.5. The first-order valence-electron chi connectivity index (χ1n) is 5.12. The Labute approximate surface area is 94.5 Å². The lowest BCUT2D eigenvalue weighted by molar-refractivity contribution is -0.153. The molecule has 0 heterocycles. The topological polar surface area (TPSA) is 66.8 Å². The third-order valence-corrected chi connectivity index (χ3v) is 2.29. The number of aromatic hydroxyl groups is 1. The molecule has 0 bridgehead atoms. The van der Waals surface area contributed by atoms with Gasteiger partial charge in [-0.05, 0) is 38.0 Å². The van der Waals surface area contributed by atoms with Crippen LogP contribution in [0.1, 0.15) is 29.7 Å². The first kappa shape index (κ1) is 12.5. The first-order chi connectivity index (χ1) is 7.47. The minimum absolute atomic E-state index is 0.0851. The molecule has 1 aromatic rings. The third kappa shape index (κ3) is 2.52. The van der Waals surface area contributed by atoms with Crippen molar-refractivity contribution in [2.24, 2.45) is 0 Å². The summed E-state index contributed by atoms with van der Waals surface area (Å²) < 4.78 is 4.70. The smallest absolute Gasteiger partial charge is 0.339 e. The number of phenolic OH excluding ortho intramolecular Hbond substituents is 1. The third-order valence-electron chi connectivity index (χ3n) is 2.29. The normalized spacial score (nSPS) is 12.2. The maximum Gasteiger partial charge on any atom is 0.339 e. The van der Waals surface area contributed by atoms with E-state index in [1.807, 2.05) is 6.92 Å². The molecule has 1 atom stereocenters. The summed E-state index contributed by atoms with van der Waals surface area (Å²) in [5.74, 6) is -0.831. The zero-order valence-electron chi connectivity index (χ0n) is 9.65. The SMILES string of the molecule is CCOC(=O)C(O)c1c(C)cc(C)cc1O. The Morgan fingerprint density at radius 2 is 2.06 bits per heavy atom. The molecule has 1 aromatic carbocycles. The number of aliphatic hydroxyl groups is 1. The molecule has 2 N–H and O–H groups in total. The Balaban J connectivity index is 3.08. The van der Waals surface area contributed by atoms with Gasteiger partial charge in [0.15, 0.2) is 6.10 Å². The Morgan fingerprint density at radius 3 is 2.56 bits per heavy atom. The van der Waals surface area contributed by atoms with Gasteiger partial charge >= 0.3 is 5.97 Å². The van der Waals surface area contributed by atoms with Crippen LogP contribution in [0.2, 0.25) is 0 Å². The summed E-state index contributed by atoms with van der Waals surface area (Å²) in [6, 6.07) is 3.29. The number of aryl methyl sites for hydroxylation is 2. The van der Waals surface area contributed by atoms with Gasteiger partial charge in [0, 0.05) is 5.56 Å². The molecule has 88 valence electrons. The van der Waals surface area contributed by atoms with Gasteiger partial charge < -0.3 is 14.9 Å². The van der Waals surface area contributed by atoms with E-state index in [9.17, 15) is 15.0 Å². The van der Waals surface area contributed by atoms with Crippen LogP contribution in [-0.2, 0) is 9.53 Å². The highest BCUT2D eigenvalue weighted by molar-refractivity contribution is 5.78. The van der Waals surface area contributed by atoms with Crippen LogP contribution in [0, 0.1) is 13.8 Å². The summed E-state index contributed by atoms with van der Waals surface area (Å²) in [7, 11) is 0. The van der Waals surface area contributed by atoms with Gasteiger partial charge in [-0.2, -0.15) is 0 Å². The van der Waals surface area contributed by atoms with E-state index in [0.29, 0.717) is 5.56 Å². The van der Waals surface area contributed by atoms with Crippen LogP contribution in [0.5, 0.6) is 5.75 Å². The van der Waals surface area contributed by atoms with Crippen LogP contribution in [0.25, 0.3) is 0 Å². The zero-order valence-corrected chi connectivity index (χ0v) is 9.65. The molecular weight excluding hydrogens is 208 g/mol. The Kier molecular flexibility index (Phi) is 3.90. The average molecular weight is 224 g/mol. The summed E-state index contributed by atoms with van der Waals surface area (Å²) in [6.45, 7) is 5.41. The summed E-state index contributed by atoms with van der Waals surface area (Å²) in [4.78, 5) is 11.3. The fraction of sp³-hybridized carbons (Fsp3) is 0.417. The standard InChI is InChI=1S/C12H16O4/c1-4-16-12(15)11(14)10-8(3)5-7(2)6-9(10)13/h5-6,11,13-14H,4H2,1-3H3. The number of rotatable bonds is 3. The number of carbonyl (C=O) groups excluding carboxylic acids is 1. The van der Waals surface area contributed by atoms with E-state index < -0.39 is 12.1 Å². The maximum absolute atomic E-state index is 11.3. The predicted molar refractivity (Wildman–Crippen MR) is 59.2 cm³/mol. The lowest BCUT2D eigenvalue weighted by atomic mass is 10.00. The highest BCUT2D eigenvalue weighted by Crippen LogP contribution is 2.29. The molecule has 1 rings (SSSR count). The van der Waals surface area contributed by atoms with Crippen LogP contribution in [0.4, 0.5) is 0 Å². The van der Waals surface area contributed by atoms with Crippen LogP contribution in [-0.4, -0.2) is 22.8 Å². The van der Waals surface area contributed by atoms with Crippen LogP contribution >= 0.6 is 0 Å². The minimum atomic E-state index is -1.43. The van der Waals surface area contributed by atoms with Crippen molar-refractivity contribution in [1.82, 2.24) is 0 Å². The molecule has 0 aliphatic rings. The average Bonchev–Trinajstić information content (AvgIpc) is 2.16. The lowest BCUT2D eigenvalue weighted by Crippen LogP contribution is -2.16. The van der Waals surface area contributed by atoms with E-state index in [0.717, 1.165) is 5.56 Å². The van der Waals surface area contributed by atoms with Crippen molar-refractivity contribution >= 4 is 5.97 Å². The second-order valence-electron chi connectivity index (χ2n) is 3.67. The van der Waals surface area contributed by atoms with Crippen LogP contribution in [0.3, 0.4) is 0 Å². The number of aliphatic hydroxyl groups excluding tert-OH is 1. The Bertz CT molecular complexity index is 375. The van der Waals surface area contributed by atoms with Crippen molar-refractivity contribution in [3.8, 4) is 5.75 Å². The molecule has 16 heavy (non-hydrogen) atoms. The van der Waals surface area contributed by atoms with E-state index in [1.165, 1.54) is 6.07 Å². The van der Waals surface area contributed by atoms with E-state index in [4.69, 9.17) is 4.74 Å². The number of esters is 1. The minimum Gasteiger partial charge on any atom is -0.508 e. The van der Waals surface area contributed by atoms with Gasteiger partial charge in [-0.25, -0.2) is 4.79 Å². The van der Waals surface area contributed by atoms with Gasteiger partial charge in [0.1, 0.15) is 5.75 Å². The molecule has 0 amide bonds. The van der Waals surface area contributed by atoms with E-state index in [1.54, 1.807) is 19.9 Å². The second-order valence-corrected chi connectivity index (χ2v) is 3.67. The summed E-state index contributed by atoms with van der Waals surface area (Å²) in [5, 5.41) is 19.4. The molecule has 0 aliphatic heterocycles. The Hall–Kier alpha value is -1.55. The molecule has 0 saturated heterocycles. The molecule has 0 radical (unpaired) electrons. The van der Waals surface area contributed by atoms with Gasteiger partial charge in [0.25, 0.3) is 0 Å². The van der Waals surface area contributed by atoms with E-state index in [2.05, 4.69) is 0 Å². The number of hydrogen-bond acceptors (Lipinski definition) is 4. The fourth-order valence-electron chi connectivity index (χ4n) is 1.65. The highest BCUT2D eigenvalue weighted by Gasteiger charge is 2.23. The number of carbonyl (C=O) groups is 1. The number of phenols is 1. The quantitative estimate of drug-likeness (QED) is 0.765. The second kappa shape index (κ2) is 4.99. The summed E-state index contributed by atoms with van der Waals surface area (Å²) >= 11 is 0. The number of ether oxygens (including phenoxy) is 1. The van der Waals surface area contributed by atoms with Gasteiger partial charge in [-0.15, -0.1) is 0 Å². The van der Waals surface area contributed by atoms with E-state index in [-0.39, 0.29) is 17.9 Å². The zero-order chi connectivity index (χ0) is 12.3. The largest absolute Gasteiger partial charge is 0.508 e. The molecular formula is C12H16O4. The molecule has 4 heteroatoms. The summed E-state index contributed by atoms with van der Waals surface area (Å²) in [5.41, 5.74) is 1.75. The van der Waals surface area contributed by atoms with Crippen molar-refractivity contribution in [2.45, 2.75) is 26.9 Å². The van der Waals surface area contributed by atoms with Gasteiger partial charge in [0.2, 0.25) is 0 Å². The van der Waals surface area contributed by atoms with Crippen molar-refractivity contribution in [3.05, 3.63) is 28.8 Å². The summed E-state index contributed by atoms with van der Waals surface area (Å²) in [6.07, 6.45) is -1.43. The molecule has 0 aromatic heterocycles. The molecule has 1 unspecified atom stereocenters. The number of benzene rings is 1. The first-order valence-corrected chi connectivity index (χ1v) is 5.12. The van der Waals surface area contributed by atoms with Gasteiger partial charge in [-0.3, -0.25) is 0 Å². The van der Waals surface area contributed by atoms with Crippen molar-refractivity contribution in [1.29, 1.82) is 0 Å². The molecule has 4 nitrogen and oxygen atoms in total. The monoisotopic (exact) mass is 224 g/mol. The molecule has 0 aliphatic carbocycles. The lowest BCUT2D eigenvalue weighted by Gasteiger charge is -2.14. The van der Waals surface area contributed by atoms with Crippen molar-refractivity contribution in [2.75, 3.05) is 6.61 Å².